The van der Waals surface area contributed by atoms with Crippen molar-refractivity contribution in [3.63, 3.8) is 0 Å². The van der Waals surface area contributed by atoms with Crippen LogP contribution in [0.1, 0.15) is 56.3 Å². The molecule has 0 spiro atoms. The van der Waals surface area contributed by atoms with Crippen LogP contribution in [0.2, 0.25) is 0 Å². The molecule has 26 heavy (non-hydrogen) atoms. The topological polar surface area (TPSA) is 84.5 Å². The zero-order valence-corrected chi connectivity index (χ0v) is 15.5. The summed E-state index contributed by atoms with van der Waals surface area (Å²) < 4.78 is 4.94. The van der Waals surface area contributed by atoms with Crippen molar-refractivity contribution in [1.29, 1.82) is 0 Å². The molecule has 0 unspecified atom stereocenters. The minimum Gasteiger partial charge on any atom is -0.462 e. The number of ether oxygens (including phenoxy) is 1. The van der Waals surface area contributed by atoms with E-state index in [2.05, 4.69) is 10.6 Å². The number of esters is 1. The van der Waals surface area contributed by atoms with E-state index in [0.29, 0.717) is 24.4 Å². The Morgan fingerprint density at radius 2 is 1.54 bits per heavy atom. The second-order valence-corrected chi connectivity index (χ2v) is 6.63. The van der Waals surface area contributed by atoms with Gasteiger partial charge in [-0.25, -0.2) is 4.79 Å². The van der Waals surface area contributed by atoms with Crippen LogP contribution >= 0.6 is 0 Å². The first-order valence-electron chi connectivity index (χ1n) is 9.40. The molecule has 2 N–H and O–H groups in total. The molecule has 0 bridgehead atoms. The summed E-state index contributed by atoms with van der Waals surface area (Å²) in [5.41, 5.74) is 1.12. The molecule has 2 amide bonds. The van der Waals surface area contributed by atoms with Gasteiger partial charge in [0.05, 0.1) is 12.2 Å². The van der Waals surface area contributed by atoms with Crippen LogP contribution < -0.4 is 10.6 Å². The van der Waals surface area contributed by atoms with Crippen LogP contribution in [0.5, 0.6) is 0 Å². The predicted octanol–water partition coefficient (Wildman–Crippen LogP) is 3.13. The van der Waals surface area contributed by atoms with Crippen LogP contribution in [-0.4, -0.2) is 30.9 Å². The van der Waals surface area contributed by atoms with E-state index in [1.54, 1.807) is 31.2 Å². The molecule has 1 aromatic rings. The molecule has 2 rings (SSSR count). The Balaban J connectivity index is 1.82. The van der Waals surface area contributed by atoms with Crippen molar-refractivity contribution in [3.05, 3.63) is 29.8 Å². The summed E-state index contributed by atoms with van der Waals surface area (Å²) in [6.45, 7) is 4.83. The lowest BCUT2D eigenvalue weighted by atomic mass is 9.81. The van der Waals surface area contributed by atoms with Gasteiger partial charge in [-0.05, 0) is 63.3 Å². The quantitative estimate of drug-likeness (QED) is 0.732. The number of rotatable bonds is 7. The molecule has 1 saturated carbocycles. The lowest BCUT2D eigenvalue weighted by Gasteiger charge is -2.27. The van der Waals surface area contributed by atoms with Crippen LogP contribution in [0, 0.1) is 11.8 Å². The van der Waals surface area contributed by atoms with E-state index in [1.165, 1.54) is 0 Å². The standard InChI is InChI=1S/C20H28N2O4/c1-3-13-21-18(23)14-5-7-15(8-6-14)19(24)22-17-11-9-16(10-12-17)20(25)26-4-2/h9-12,14-15H,3-8,13H2,1-2H3,(H,21,23)(H,22,24). The van der Waals surface area contributed by atoms with Crippen LogP contribution in [0.3, 0.4) is 0 Å². The summed E-state index contributed by atoms with van der Waals surface area (Å²) in [4.78, 5) is 36.1. The number of carbonyl (C=O) groups is 3. The molecule has 0 saturated heterocycles. The van der Waals surface area contributed by atoms with Crippen LogP contribution in [0.15, 0.2) is 24.3 Å². The third-order valence-corrected chi connectivity index (χ3v) is 4.68. The van der Waals surface area contributed by atoms with E-state index in [1.807, 2.05) is 6.92 Å². The summed E-state index contributed by atoms with van der Waals surface area (Å²) in [5, 5.41) is 5.83. The lowest BCUT2D eigenvalue weighted by Crippen LogP contribution is -2.35. The Bertz CT molecular complexity index is 619. The number of anilines is 1. The average molecular weight is 360 g/mol. The van der Waals surface area contributed by atoms with Gasteiger partial charge in [-0.3, -0.25) is 9.59 Å². The molecule has 1 aromatic carbocycles. The highest BCUT2D eigenvalue weighted by Crippen LogP contribution is 2.30. The fourth-order valence-corrected chi connectivity index (χ4v) is 3.16. The van der Waals surface area contributed by atoms with Gasteiger partial charge in [0.2, 0.25) is 11.8 Å². The van der Waals surface area contributed by atoms with E-state index >= 15 is 0 Å². The molecular formula is C20H28N2O4. The zero-order chi connectivity index (χ0) is 18.9. The summed E-state index contributed by atoms with van der Waals surface area (Å²) >= 11 is 0. The number of hydrogen-bond acceptors (Lipinski definition) is 4. The molecule has 6 nitrogen and oxygen atoms in total. The molecule has 142 valence electrons. The first-order chi connectivity index (χ1) is 12.5. The lowest BCUT2D eigenvalue weighted by molar-refractivity contribution is -0.128. The maximum atomic E-state index is 12.4. The molecule has 0 radical (unpaired) electrons. The molecule has 1 aliphatic rings. The molecule has 6 heteroatoms. The Morgan fingerprint density at radius 3 is 2.08 bits per heavy atom. The second kappa shape index (κ2) is 9.94. The molecule has 0 heterocycles. The normalized spacial score (nSPS) is 19.5. The highest BCUT2D eigenvalue weighted by molar-refractivity contribution is 5.94. The minimum atomic E-state index is -0.370. The predicted molar refractivity (Wildman–Crippen MR) is 99.8 cm³/mol. The monoisotopic (exact) mass is 360 g/mol. The molecule has 0 aromatic heterocycles. The van der Waals surface area contributed by atoms with Gasteiger partial charge in [-0.1, -0.05) is 6.92 Å². The van der Waals surface area contributed by atoms with Crippen LogP contribution in [-0.2, 0) is 14.3 Å². The summed E-state index contributed by atoms with van der Waals surface area (Å²) in [6.07, 6.45) is 3.86. The van der Waals surface area contributed by atoms with Crippen molar-refractivity contribution >= 4 is 23.5 Å². The summed E-state index contributed by atoms with van der Waals surface area (Å²) in [7, 11) is 0. The molecular weight excluding hydrogens is 332 g/mol. The SMILES string of the molecule is CCCNC(=O)C1CCC(C(=O)Nc2ccc(C(=O)OCC)cc2)CC1. The van der Waals surface area contributed by atoms with Crippen LogP contribution in [0.25, 0.3) is 0 Å². The van der Waals surface area contributed by atoms with Crippen molar-refractivity contribution in [2.45, 2.75) is 46.0 Å². The fourth-order valence-electron chi connectivity index (χ4n) is 3.16. The Kier molecular flexibility index (Phi) is 7.63. The maximum absolute atomic E-state index is 12.4. The second-order valence-electron chi connectivity index (χ2n) is 6.63. The first-order valence-corrected chi connectivity index (χ1v) is 9.40. The van der Waals surface area contributed by atoms with Crippen LogP contribution in [0.4, 0.5) is 5.69 Å². The zero-order valence-electron chi connectivity index (χ0n) is 15.5. The molecule has 0 atom stereocenters. The van der Waals surface area contributed by atoms with Gasteiger partial charge in [-0.2, -0.15) is 0 Å². The van der Waals surface area contributed by atoms with Gasteiger partial charge >= 0.3 is 5.97 Å². The number of benzene rings is 1. The Labute approximate surface area is 154 Å². The third-order valence-electron chi connectivity index (χ3n) is 4.68. The van der Waals surface area contributed by atoms with Gasteiger partial charge in [-0.15, -0.1) is 0 Å². The van der Waals surface area contributed by atoms with Crippen molar-refractivity contribution < 1.29 is 19.1 Å². The van der Waals surface area contributed by atoms with Crippen molar-refractivity contribution in [1.82, 2.24) is 5.32 Å². The van der Waals surface area contributed by atoms with E-state index in [0.717, 1.165) is 32.1 Å². The number of hydrogen-bond donors (Lipinski definition) is 2. The summed E-state index contributed by atoms with van der Waals surface area (Å²) in [5.74, 6) is -0.337. The van der Waals surface area contributed by atoms with Crippen molar-refractivity contribution in [2.75, 3.05) is 18.5 Å². The highest BCUT2D eigenvalue weighted by atomic mass is 16.5. The average Bonchev–Trinajstić information content (AvgIpc) is 2.67. The van der Waals surface area contributed by atoms with Crippen molar-refractivity contribution in [3.8, 4) is 0 Å². The highest BCUT2D eigenvalue weighted by Gasteiger charge is 2.29. The third kappa shape index (κ3) is 5.58. The first kappa shape index (κ1) is 19.9. The fraction of sp³-hybridized carbons (Fsp3) is 0.550. The van der Waals surface area contributed by atoms with E-state index in [-0.39, 0.29) is 29.6 Å². The minimum absolute atomic E-state index is 0.0226. The Hall–Kier alpha value is -2.37. The van der Waals surface area contributed by atoms with E-state index in [4.69, 9.17) is 4.74 Å². The van der Waals surface area contributed by atoms with E-state index in [9.17, 15) is 14.4 Å². The molecule has 1 aliphatic carbocycles. The summed E-state index contributed by atoms with van der Waals surface area (Å²) in [6, 6.07) is 6.69. The Morgan fingerprint density at radius 1 is 0.962 bits per heavy atom. The number of nitrogens with one attached hydrogen (secondary N) is 2. The van der Waals surface area contributed by atoms with Crippen molar-refractivity contribution in [2.24, 2.45) is 11.8 Å². The molecule has 0 aliphatic heterocycles. The smallest absolute Gasteiger partial charge is 0.338 e. The van der Waals surface area contributed by atoms with Gasteiger partial charge in [0.15, 0.2) is 0 Å². The largest absolute Gasteiger partial charge is 0.462 e. The number of amides is 2. The number of carbonyl (C=O) groups excluding carboxylic acids is 3. The van der Waals surface area contributed by atoms with E-state index < -0.39 is 0 Å². The maximum Gasteiger partial charge on any atom is 0.338 e. The van der Waals surface area contributed by atoms with Gasteiger partial charge < -0.3 is 15.4 Å². The van der Waals surface area contributed by atoms with Gasteiger partial charge in [0.25, 0.3) is 0 Å². The van der Waals surface area contributed by atoms with Gasteiger partial charge in [0, 0.05) is 24.1 Å². The molecule has 1 fully saturated rings. The van der Waals surface area contributed by atoms with Gasteiger partial charge in [0.1, 0.15) is 0 Å².